The van der Waals surface area contributed by atoms with Gasteiger partial charge in [-0.25, -0.2) is 4.57 Å². The van der Waals surface area contributed by atoms with Gasteiger partial charge in [0.15, 0.2) is 0 Å². The molecular weight excluding hydrogens is 331 g/mol. The molecule has 3 aromatic rings. The molecule has 0 N–H and O–H groups in total. The Labute approximate surface area is 147 Å². The minimum absolute atomic E-state index is 0.327. The Kier molecular flexibility index (Phi) is 3.99. The molecule has 3 aromatic carbocycles. The highest BCUT2D eigenvalue weighted by atomic mass is 31.2. The predicted molar refractivity (Wildman–Crippen MR) is 102 cm³/mol. The number of allylic oxidation sites excluding steroid dienone is 1. The van der Waals surface area contributed by atoms with Crippen LogP contribution in [-0.2, 0) is 13.6 Å². The molecule has 0 saturated carbocycles. The summed E-state index contributed by atoms with van der Waals surface area (Å²) in [7, 11) is -3.42. The fourth-order valence-corrected chi connectivity index (χ4v) is 5.48. The molecule has 1 heterocycles. The van der Waals surface area contributed by atoms with Gasteiger partial charge >= 0.3 is 7.60 Å². The highest BCUT2D eigenvalue weighted by Gasteiger charge is 2.39. The van der Waals surface area contributed by atoms with E-state index < -0.39 is 7.60 Å². The average Bonchev–Trinajstić information content (AvgIpc) is 2.62. The van der Waals surface area contributed by atoms with Crippen molar-refractivity contribution >= 4 is 29.2 Å². The first-order valence-electron chi connectivity index (χ1n) is 8.37. The van der Waals surface area contributed by atoms with Crippen LogP contribution in [0.1, 0.15) is 25.0 Å². The molecular formula is C21H19O3P. The summed E-state index contributed by atoms with van der Waals surface area (Å²) < 4.78 is 25.2. The van der Waals surface area contributed by atoms with E-state index in [2.05, 4.69) is 6.07 Å². The predicted octanol–water partition coefficient (Wildman–Crippen LogP) is 5.50. The Bertz CT molecular complexity index is 1020. The van der Waals surface area contributed by atoms with Crippen LogP contribution in [0.2, 0.25) is 0 Å². The van der Waals surface area contributed by atoms with E-state index in [-0.39, 0.29) is 0 Å². The van der Waals surface area contributed by atoms with Crippen molar-refractivity contribution in [3.63, 3.8) is 0 Å². The summed E-state index contributed by atoms with van der Waals surface area (Å²) in [5.41, 5.74) is 2.93. The third kappa shape index (κ3) is 2.60. The number of hydrogen-bond acceptors (Lipinski definition) is 3. The second-order valence-corrected chi connectivity index (χ2v) is 7.87. The summed E-state index contributed by atoms with van der Waals surface area (Å²) in [5, 5.41) is 2.60. The van der Waals surface area contributed by atoms with Crippen LogP contribution >= 0.6 is 7.60 Å². The lowest BCUT2D eigenvalue weighted by molar-refractivity contribution is 0.260. The van der Waals surface area contributed by atoms with Gasteiger partial charge in [0.05, 0.1) is 11.9 Å². The third-order valence-corrected chi connectivity index (χ3v) is 6.56. The van der Waals surface area contributed by atoms with Gasteiger partial charge in [-0.3, -0.25) is 4.52 Å². The summed E-state index contributed by atoms with van der Waals surface area (Å²) in [6.07, 6.45) is 0. The van der Waals surface area contributed by atoms with E-state index in [0.29, 0.717) is 17.7 Å². The first-order chi connectivity index (χ1) is 12.1. The van der Waals surface area contributed by atoms with Gasteiger partial charge in [0.1, 0.15) is 5.76 Å². The first kappa shape index (κ1) is 16.1. The molecule has 1 aliphatic rings. The monoisotopic (exact) mass is 350 g/mol. The van der Waals surface area contributed by atoms with Gasteiger partial charge in [0.2, 0.25) is 0 Å². The number of fused-ring (bicyclic) bond motifs is 3. The molecule has 4 heteroatoms. The zero-order valence-electron chi connectivity index (χ0n) is 14.2. The molecule has 3 nitrogen and oxygen atoms in total. The van der Waals surface area contributed by atoms with Crippen molar-refractivity contribution in [2.24, 2.45) is 0 Å². The number of hydrogen-bond donors (Lipinski definition) is 0. The molecule has 0 amide bonds. The van der Waals surface area contributed by atoms with Gasteiger partial charge in [-0.2, -0.15) is 0 Å². The van der Waals surface area contributed by atoms with Gasteiger partial charge < -0.3 is 4.52 Å². The maximum atomic E-state index is 13.6. The molecule has 0 bridgehead atoms. The fourth-order valence-electron chi connectivity index (χ4n) is 3.44. The van der Waals surface area contributed by atoms with E-state index >= 15 is 0 Å². The summed E-state index contributed by atoms with van der Waals surface area (Å²) in [6.45, 7) is 4.01. The van der Waals surface area contributed by atoms with Crippen molar-refractivity contribution in [2.75, 3.05) is 6.61 Å². The van der Waals surface area contributed by atoms with Crippen molar-refractivity contribution in [2.45, 2.75) is 13.8 Å². The summed E-state index contributed by atoms with van der Waals surface area (Å²) in [6, 6.07) is 22.1. The Balaban J connectivity index is 2.08. The van der Waals surface area contributed by atoms with Crippen LogP contribution in [0, 0.1) is 0 Å². The van der Waals surface area contributed by atoms with Crippen molar-refractivity contribution in [3.8, 4) is 0 Å². The average molecular weight is 350 g/mol. The van der Waals surface area contributed by atoms with E-state index in [9.17, 15) is 4.57 Å². The molecule has 1 atom stereocenters. The SMILES string of the molecule is CCOP1(=O)OC(C)=C(c2ccccc2)c2ccc3ccccc3c21. The van der Waals surface area contributed by atoms with Crippen LogP contribution in [0.25, 0.3) is 16.3 Å². The fraction of sp³-hybridized carbons (Fsp3) is 0.143. The molecule has 25 heavy (non-hydrogen) atoms. The minimum Gasteiger partial charge on any atom is -0.425 e. The smallest absolute Gasteiger partial charge is 0.411 e. The van der Waals surface area contributed by atoms with Gasteiger partial charge in [-0.15, -0.1) is 0 Å². The van der Waals surface area contributed by atoms with E-state index in [4.69, 9.17) is 9.05 Å². The maximum absolute atomic E-state index is 13.6. The van der Waals surface area contributed by atoms with Crippen molar-refractivity contribution in [3.05, 3.63) is 83.6 Å². The van der Waals surface area contributed by atoms with E-state index in [1.54, 1.807) is 0 Å². The van der Waals surface area contributed by atoms with Crippen LogP contribution in [0.4, 0.5) is 0 Å². The lowest BCUT2D eigenvalue weighted by atomic mass is 9.94. The van der Waals surface area contributed by atoms with Gasteiger partial charge in [0, 0.05) is 11.1 Å². The zero-order chi connectivity index (χ0) is 17.4. The second kappa shape index (κ2) is 6.18. The molecule has 4 rings (SSSR count). The molecule has 0 radical (unpaired) electrons. The zero-order valence-corrected chi connectivity index (χ0v) is 15.1. The standard InChI is InChI=1S/C21H19O3P/c1-3-23-25(22)21-18-12-8-7-9-16(18)13-14-19(21)20(15(2)24-25)17-10-5-4-6-11-17/h4-14H,3H2,1-2H3. The number of benzene rings is 3. The van der Waals surface area contributed by atoms with E-state index in [1.807, 2.05) is 74.5 Å². The first-order valence-corrected chi connectivity index (χ1v) is 9.91. The Hall–Kier alpha value is -2.35. The lowest BCUT2D eigenvalue weighted by Gasteiger charge is -2.30. The van der Waals surface area contributed by atoms with Gasteiger partial charge in [0.25, 0.3) is 0 Å². The molecule has 0 fully saturated rings. The third-order valence-electron chi connectivity index (χ3n) is 4.41. The Morgan fingerprint density at radius 1 is 0.960 bits per heavy atom. The largest absolute Gasteiger partial charge is 0.425 e. The molecule has 0 saturated heterocycles. The van der Waals surface area contributed by atoms with Crippen LogP contribution in [0.15, 0.2) is 72.5 Å². The van der Waals surface area contributed by atoms with E-state index in [1.165, 1.54) is 0 Å². The summed E-state index contributed by atoms with van der Waals surface area (Å²) in [5.74, 6) is 0.630. The Morgan fingerprint density at radius 2 is 1.68 bits per heavy atom. The highest BCUT2D eigenvalue weighted by Crippen LogP contribution is 2.56. The molecule has 1 unspecified atom stereocenters. The molecule has 0 spiro atoms. The molecule has 0 aliphatic carbocycles. The molecule has 0 aromatic heterocycles. The quantitative estimate of drug-likeness (QED) is 0.585. The van der Waals surface area contributed by atoms with Crippen molar-refractivity contribution in [1.29, 1.82) is 0 Å². The van der Waals surface area contributed by atoms with E-state index in [0.717, 1.165) is 27.5 Å². The lowest BCUT2D eigenvalue weighted by Crippen LogP contribution is -2.21. The minimum atomic E-state index is -3.42. The highest BCUT2D eigenvalue weighted by molar-refractivity contribution is 7.63. The van der Waals surface area contributed by atoms with Crippen LogP contribution in [0.5, 0.6) is 0 Å². The van der Waals surface area contributed by atoms with Crippen molar-refractivity contribution < 1.29 is 13.6 Å². The topological polar surface area (TPSA) is 35.5 Å². The summed E-state index contributed by atoms with van der Waals surface area (Å²) in [4.78, 5) is 0. The van der Waals surface area contributed by atoms with Crippen molar-refractivity contribution in [1.82, 2.24) is 0 Å². The van der Waals surface area contributed by atoms with Crippen LogP contribution in [0.3, 0.4) is 0 Å². The van der Waals surface area contributed by atoms with Crippen LogP contribution in [-0.4, -0.2) is 6.61 Å². The second-order valence-electron chi connectivity index (χ2n) is 5.99. The maximum Gasteiger partial charge on any atom is 0.411 e. The molecule has 126 valence electrons. The van der Waals surface area contributed by atoms with Crippen LogP contribution < -0.4 is 5.30 Å². The van der Waals surface area contributed by atoms with Gasteiger partial charge in [-0.1, -0.05) is 66.7 Å². The Morgan fingerprint density at radius 3 is 2.44 bits per heavy atom. The number of rotatable bonds is 3. The molecule has 1 aliphatic heterocycles. The normalized spacial score (nSPS) is 19.6. The van der Waals surface area contributed by atoms with Gasteiger partial charge in [-0.05, 0) is 30.2 Å². The summed E-state index contributed by atoms with van der Waals surface area (Å²) >= 11 is 0.